The lowest BCUT2D eigenvalue weighted by Gasteiger charge is -2.30. The second-order valence-corrected chi connectivity index (χ2v) is 5.36. The molecule has 2 nitrogen and oxygen atoms in total. The summed E-state index contributed by atoms with van der Waals surface area (Å²) in [5, 5.41) is 2.02. The third-order valence-electron chi connectivity index (χ3n) is 2.90. The van der Waals surface area contributed by atoms with Gasteiger partial charge in [0.2, 0.25) is 5.91 Å². The molecule has 0 bridgehead atoms. The van der Waals surface area contributed by atoms with Crippen LogP contribution in [0.3, 0.4) is 0 Å². The fourth-order valence-corrected chi connectivity index (χ4v) is 2.65. The highest BCUT2D eigenvalue weighted by Crippen LogP contribution is 2.16. The smallest absolute Gasteiger partial charge is 0.246 e. The van der Waals surface area contributed by atoms with E-state index in [2.05, 4.69) is 6.92 Å². The van der Waals surface area contributed by atoms with Crippen molar-refractivity contribution in [2.45, 2.75) is 19.8 Å². The van der Waals surface area contributed by atoms with Crippen molar-refractivity contribution in [3.05, 3.63) is 28.5 Å². The Morgan fingerprint density at radius 3 is 3.19 bits per heavy atom. The maximum absolute atomic E-state index is 11.9. The number of carbonyl (C=O) groups is 1. The predicted molar refractivity (Wildman–Crippen MR) is 68.3 cm³/mol. The minimum atomic E-state index is 0.153. The van der Waals surface area contributed by atoms with Gasteiger partial charge in [0.25, 0.3) is 0 Å². The van der Waals surface area contributed by atoms with E-state index in [-0.39, 0.29) is 5.91 Å². The normalized spacial score (nSPS) is 21.6. The molecule has 1 aromatic rings. The molecule has 1 atom stereocenters. The van der Waals surface area contributed by atoms with Gasteiger partial charge < -0.3 is 4.90 Å². The topological polar surface area (TPSA) is 20.3 Å². The van der Waals surface area contributed by atoms with Gasteiger partial charge in [-0.25, -0.2) is 0 Å². The molecule has 2 rings (SSSR count). The molecule has 1 aliphatic rings. The summed E-state index contributed by atoms with van der Waals surface area (Å²) in [5.41, 5.74) is 0. The van der Waals surface area contributed by atoms with Crippen LogP contribution in [-0.4, -0.2) is 23.9 Å². The zero-order valence-corrected chi connectivity index (χ0v) is 10.4. The number of hydrogen-bond donors (Lipinski definition) is 0. The van der Waals surface area contributed by atoms with Crippen LogP contribution >= 0.6 is 11.3 Å². The molecule has 0 aromatic carbocycles. The largest absolute Gasteiger partial charge is 0.339 e. The van der Waals surface area contributed by atoms with E-state index in [4.69, 9.17) is 0 Å². The molecule has 0 radical (unpaired) electrons. The van der Waals surface area contributed by atoms with Gasteiger partial charge in [-0.15, -0.1) is 11.3 Å². The van der Waals surface area contributed by atoms with Crippen LogP contribution in [-0.2, 0) is 4.79 Å². The Morgan fingerprint density at radius 2 is 2.50 bits per heavy atom. The summed E-state index contributed by atoms with van der Waals surface area (Å²) in [4.78, 5) is 15.0. The molecule has 0 N–H and O–H groups in total. The van der Waals surface area contributed by atoms with E-state index < -0.39 is 0 Å². The van der Waals surface area contributed by atoms with Gasteiger partial charge >= 0.3 is 0 Å². The summed E-state index contributed by atoms with van der Waals surface area (Å²) in [7, 11) is 0. The van der Waals surface area contributed by atoms with E-state index in [1.807, 2.05) is 28.5 Å². The number of hydrogen-bond acceptors (Lipinski definition) is 2. The van der Waals surface area contributed by atoms with Crippen molar-refractivity contribution in [3.63, 3.8) is 0 Å². The van der Waals surface area contributed by atoms with Crippen LogP contribution in [0, 0.1) is 5.92 Å². The van der Waals surface area contributed by atoms with Gasteiger partial charge in [0.05, 0.1) is 0 Å². The second-order valence-electron chi connectivity index (χ2n) is 4.38. The molecule has 16 heavy (non-hydrogen) atoms. The highest BCUT2D eigenvalue weighted by molar-refractivity contribution is 7.10. The van der Waals surface area contributed by atoms with Gasteiger partial charge in [0.1, 0.15) is 0 Å². The Bertz CT molecular complexity index is 369. The van der Waals surface area contributed by atoms with Crippen molar-refractivity contribution in [3.8, 4) is 0 Å². The fourth-order valence-electron chi connectivity index (χ4n) is 2.03. The van der Waals surface area contributed by atoms with Crippen LogP contribution in [0.15, 0.2) is 23.6 Å². The minimum absolute atomic E-state index is 0.153. The Kier molecular flexibility index (Phi) is 3.78. The Balaban J connectivity index is 1.92. The lowest BCUT2D eigenvalue weighted by atomic mass is 10.0. The van der Waals surface area contributed by atoms with Crippen LogP contribution in [0.25, 0.3) is 6.08 Å². The van der Waals surface area contributed by atoms with Crippen LogP contribution in [0.5, 0.6) is 0 Å². The molecule has 86 valence electrons. The molecule has 3 heteroatoms. The quantitative estimate of drug-likeness (QED) is 0.722. The van der Waals surface area contributed by atoms with Crippen LogP contribution in [0.2, 0.25) is 0 Å². The SMILES string of the molecule is C[C@@H]1CCCN(C(=O)/C=C/c2cccs2)C1. The van der Waals surface area contributed by atoms with Gasteiger partial charge in [-0.05, 0) is 36.3 Å². The molecule has 0 spiro atoms. The zero-order valence-electron chi connectivity index (χ0n) is 9.56. The summed E-state index contributed by atoms with van der Waals surface area (Å²) < 4.78 is 0. The molecule has 0 unspecified atom stereocenters. The van der Waals surface area contributed by atoms with E-state index in [0.29, 0.717) is 5.92 Å². The van der Waals surface area contributed by atoms with E-state index >= 15 is 0 Å². The monoisotopic (exact) mass is 235 g/mol. The highest BCUT2D eigenvalue weighted by Gasteiger charge is 2.18. The Hall–Kier alpha value is -1.09. The molecule has 1 fully saturated rings. The van der Waals surface area contributed by atoms with Crippen molar-refractivity contribution in [2.75, 3.05) is 13.1 Å². The lowest BCUT2D eigenvalue weighted by molar-refractivity contribution is -0.127. The van der Waals surface area contributed by atoms with Crippen molar-refractivity contribution in [2.24, 2.45) is 5.92 Å². The Morgan fingerprint density at radius 1 is 1.62 bits per heavy atom. The maximum atomic E-state index is 11.9. The second kappa shape index (κ2) is 5.30. The fraction of sp³-hybridized carbons (Fsp3) is 0.462. The number of piperidine rings is 1. The first-order valence-corrected chi connectivity index (χ1v) is 6.64. The van der Waals surface area contributed by atoms with Crippen molar-refractivity contribution in [1.29, 1.82) is 0 Å². The molecule has 1 aliphatic heterocycles. The number of amides is 1. The van der Waals surface area contributed by atoms with Crippen molar-refractivity contribution in [1.82, 2.24) is 4.90 Å². The highest BCUT2D eigenvalue weighted by atomic mass is 32.1. The average Bonchev–Trinajstić information content (AvgIpc) is 2.78. The predicted octanol–water partition coefficient (Wildman–Crippen LogP) is 3.02. The van der Waals surface area contributed by atoms with Gasteiger partial charge in [-0.2, -0.15) is 0 Å². The number of carbonyl (C=O) groups excluding carboxylic acids is 1. The lowest BCUT2D eigenvalue weighted by Crippen LogP contribution is -2.38. The third-order valence-corrected chi connectivity index (χ3v) is 3.74. The van der Waals surface area contributed by atoms with Crippen LogP contribution in [0.1, 0.15) is 24.6 Å². The first-order chi connectivity index (χ1) is 7.75. The molecular weight excluding hydrogens is 218 g/mol. The van der Waals surface area contributed by atoms with Crippen molar-refractivity contribution >= 4 is 23.3 Å². The summed E-state index contributed by atoms with van der Waals surface area (Å²) in [5.74, 6) is 0.799. The standard InChI is InChI=1S/C13H17NOS/c1-11-4-2-8-14(10-11)13(15)7-6-12-5-3-9-16-12/h3,5-7,9,11H,2,4,8,10H2,1H3/b7-6+/t11-/m1/s1. The van der Waals surface area contributed by atoms with E-state index in [0.717, 1.165) is 24.4 Å². The van der Waals surface area contributed by atoms with Gasteiger partial charge in [-0.3, -0.25) is 4.79 Å². The summed E-state index contributed by atoms with van der Waals surface area (Å²) in [6, 6.07) is 4.02. The molecule has 1 saturated heterocycles. The minimum Gasteiger partial charge on any atom is -0.339 e. The number of nitrogens with zero attached hydrogens (tertiary/aromatic N) is 1. The van der Waals surface area contributed by atoms with Crippen LogP contribution < -0.4 is 0 Å². The number of thiophene rings is 1. The zero-order chi connectivity index (χ0) is 11.4. The molecule has 2 heterocycles. The third kappa shape index (κ3) is 2.95. The summed E-state index contributed by atoms with van der Waals surface area (Å²) >= 11 is 1.65. The number of likely N-dealkylation sites (tertiary alicyclic amines) is 1. The number of rotatable bonds is 2. The maximum Gasteiger partial charge on any atom is 0.246 e. The molecule has 1 amide bonds. The van der Waals surface area contributed by atoms with Gasteiger partial charge in [0.15, 0.2) is 0 Å². The molecular formula is C13H17NOS. The molecule has 1 aromatic heterocycles. The van der Waals surface area contributed by atoms with Crippen molar-refractivity contribution < 1.29 is 4.79 Å². The summed E-state index contributed by atoms with van der Waals surface area (Å²) in [6.45, 7) is 4.04. The van der Waals surface area contributed by atoms with Gasteiger partial charge in [-0.1, -0.05) is 13.0 Å². The molecule has 0 saturated carbocycles. The first-order valence-electron chi connectivity index (χ1n) is 5.76. The first kappa shape index (κ1) is 11.4. The Labute approximate surface area is 101 Å². The van der Waals surface area contributed by atoms with E-state index in [1.165, 1.54) is 6.42 Å². The molecule has 0 aliphatic carbocycles. The van der Waals surface area contributed by atoms with Gasteiger partial charge in [0, 0.05) is 24.0 Å². The average molecular weight is 235 g/mol. The van der Waals surface area contributed by atoms with E-state index in [1.54, 1.807) is 17.4 Å². The van der Waals surface area contributed by atoms with Crippen LogP contribution in [0.4, 0.5) is 0 Å². The van der Waals surface area contributed by atoms with E-state index in [9.17, 15) is 4.79 Å². The summed E-state index contributed by atoms with van der Waals surface area (Å²) in [6.07, 6.45) is 5.99.